The van der Waals surface area contributed by atoms with Crippen LogP contribution in [-0.2, 0) is 19.5 Å². The number of nitrogens with one attached hydrogen (secondary N) is 2. The molecule has 2 aromatic heterocycles. The maximum Gasteiger partial charge on any atom is 0.330 e. The van der Waals surface area contributed by atoms with Gasteiger partial charge in [0.1, 0.15) is 11.2 Å². The fourth-order valence-corrected chi connectivity index (χ4v) is 5.49. The lowest BCUT2D eigenvalue weighted by atomic mass is 10.0. The van der Waals surface area contributed by atoms with E-state index in [9.17, 15) is 9.59 Å². The fourth-order valence-electron chi connectivity index (χ4n) is 5.49. The Morgan fingerprint density at radius 3 is 2.59 bits per heavy atom. The minimum atomic E-state index is -0.284. The Bertz CT molecular complexity index is 1690. The molecule has 0 radical (unpaired) electrons. The van der Waals surface area contributed by atoms with Gasteiger partial charge in [-0.1, -0.05) is 17.7 Å². The third-order valence-corrected chi connectivity index (χ3v) is 7.32. The minimum absolute atomic E-state index is 0.180. The molecular formula is C31H36N6O4. The molecule has 1 amide bonds. The van der Waals surface area contributed by atoms with Gasteiger partial charge in [0, 0.05) is 37.5 Å². The molecule has 0 saturated heterocycles. The van der Waals surface area contributed by atoms with Gasteiger partial charge in [0.15, 0.2) is 11.5 Å². The normalized spacial score (nSPS) is 12.9. The van der Waals surface area contributed by atoms with E-state index in [1.54, 1.807) is 22.3 Å². The molecule has 3 heterocycles. The lowest BCUT2D eigenvalue weighted by Gasteiger charge is -2.18. The van der Waals surface area contributed by atoms with E-state index in [1.165, 1.54) is 6.20 Å². The molecule has 10 heteroatoms. The molecule has 1 aliphatic rings. The number of rotatable bonds is 8. The van der Waals surface area contributed by atoms with Crippen molar-refractivity contribution in [3.63, 3.8) is 0 Å². The molecule has 2 N–H and O–H groups in total. The molecule has 10 nitrogen and oxygen atoms in total. The monoisotopic (exact) mass is 556 g/mol. The van der Waals surface area contributed by atoms with Crippen LogP contribution in [0.3, 0.4) is 0 Å². The van der Waals surface area contributed by atoms with E-state index in [4.69, 9.17) is 14.5 Å². The number of carbonyl (C=O) groups is 1. The highest BCUT2D eigenvalue weighted by atomic mass is 16.5. The van der Waals surface area contributed by atoms with Crippen LogP contribution in [0.15, 0.2) is 52.4 Å². The highest BCUT2D eigenvalue weighted by Gasteiger charge is 2.21. The summed E-state index contributed by atoms with van der Waals surface area (Å²) in [4.78, 5) is 31.7. The summed E-state index contributed by atoms with van der Waals surface area (Å²) in [7, 11) is 1.62. The highest BCUT2D eigenvalue weighted by Crippen LogP contribution is 2.37. The lowest BCUT2D eigenvalue weighted by Crippen LogP contribution is -2.43. The van der Waals surface area contributed by atoms with Crippen LogP contribution in [0.5, 0.6) is 11.5 Å². The zero-order valence-electron chi connectivity index (χ0n) is 24.2. The van der Waals surface area contributed by atoms with Crippen molar-refractivity contribution in [1.82, 2.24) is 24.6 Å². The Hall–Kier alpha value is -4.60. The van der Waals surface area contributed by atoms with Crippen LogP contribution in [0, 0.1) is 20.8 Å². The Balaban J connectivity index is 1.67. The van der Waals surface area contributed by atoms with Crippen molar-refractivity contribution in [2.75, 3.05) is 20.3 Å². The topological polar surface area (TPSA) is 116 Å². The van der Waals surface area contributed by atoms with Gasteiger partial charge in [0.25, 0.3) is 5.91 Å². The first-order valence-electron chi connectivity index (χ1n) is 13.9. The van der Waals surface area contributed by atoms with Gasteiger partial charge in [-0.05, 0) is 75.4 Å². The quantitative estimate of drug-likeness (QED) is 0.341. The van der Waals surface area contributed by atoms with Gasteiger partial charge < -0.3 is 14.8 Å². The van der Waals surface area contributed by atoms with Crippen LogP contribution < -0.4 is 26.0 Å². The summed E-state index contributed by atoms with van der Waals surface area (Å²) >= 11 is 0. The minimum Gasteiger partial charge on any atom is -0.493 e. The standard InChI is InChI=1S/C31H36N6O4/c1-6-41-27-16-22-8-7-12-36-25(23(22)17-26(27)40-5)18-28(34-29-20(3)14-19(2)15-21(29)4)37(31(36)39)13-11-32-30(38)24-9-10-33-35-24/h9-10,14-18H,6-8,11-13H2,1-5H3,(H,32,38)(H,33,35). The number of aryl methyl sites for hydroxylation is 4. The second-order valence-electron chi connectivity index (χ2n) is 10.3. The Labute approximate surface area is 238 Å². The molecule has 2 aromatic carbocycles. The number of hydrogen-bond donors (Lipinski definition) is 2. The van der Waals surface area contributed by atoms with E-state index >= 15 is 0 Å². The number of nitrogens with zero attached hydrogens (tertiary/aromatic N) is 4. The number of carbonyl (C=O) groups excluding carboxylic acids is 1. The van der Waals surface area contributed by atoms with E-state index < -0.39 is 0 Å². The molecule has 0 fully saturated rings. The summed E-state index contributed by atoms with van der Waals surface area (Å²) in [6.45, 7) is 9.63. The van der Waals surface area contributed by atoms with Crippen LogP contribution in [0.1, 0.15) is 46.1 Å². The van der Waals surface area contributed by atoms with Crippen LogP contribution in [0.25, 0.3) is 11.3 Å². The molecule has 0 unspecified atom stereocenters. The molecule has 1 aliphatic heterocycles. The van der Waals surface area contributed by atoms with E-state index in [-0.39, 0.29) is 24.7 Å². The first-order valence-corrected chi connectivity index (χ1v) is 13.9. The van der Waals surface area contributed by atoms with Crippen molar-refractivity contribution in [2.24, 2.45) is 4.99 Å². The predicted octanol–water partition coefficient (Wildman–Crippen LogP) is 3.98. The number of ether oxygens (including phenoxy) is 2. The molecule has 0 spiro atoms. The van der Waals surface area contributed by atoms with E-state index in [2.05, 4.69) is 34.6 Å². The molecule has 5 rings (SSSR count). The van der Waals surface area contributed by atoms with Crippen LogP contribution in [0.4, 0.5) is 5.69 Å². The summed E-state index contributed by atoms with van der Waals surface area (Å²) in [6, 6.07) is 11.7. The number of fused-ring (bicyclic) bond motifs is 3. The Morgan fingerprint density at radius 1 is 1.12 bits per heavy atom. The summed E-state index contributed by atoms with van der Waals surface area (Å²) in [5.41, 5.74) is 7.54. The van der Waals surface area contributed by atoms with Crippen molar-refractivity contribution in [3.05, 3.63) is 86.5 Å². The summed E-state index contributed by atoms with van der Waals surface area (Å²) < 4.78 is 14.9. The van der Waals surface area contributed by atoms with E-state index in [0.717, 1.165) is 52.0 Å². The maximum atomic E-state index is 14.1. The zero-order chi connectivity index (χ0) is 29.1. The molecule has 0 saturated carbocycles. The fraction of sp³-hybridized carbons (Fsp3) is 0.355. The lowest BCUT2D eigenvalue weighted by molar-refractivity contribution is 0.0947. The smallest absolute Gasteiger partial charge is 0.330 e. The zero-order valence-corrected chi connectivity index (χ0v) is 24.2. The molecular weight excluding hydrogens is 520 g/mol. The molecule has 0 bridgehead atoms. The van der Waals surface area contributed by atoms with Crippen molar-refractivity contribution in [1.29, 1.82) is 0 Å². The number of aromatic nitrogens is 4. The maximum absolute atomic E-state index is 14.1. The Kier molecular flexibility index (Phi) is 8.09. The number of amides is 1. The first kappa shape index (κ1) is 27.9. The van der Waals surface area contributed by atoms with Crippen LogP contribution in [-0.4, -0.2) is 45.5 Å². The third-order valence-electron chi connectivity index (χ3n) is 7.32. The van der Waals surface area contributed by atoms with Gasteiger partial charge in [-0.25, -0.2) is 9.79 Å². The molecule has 0 atom stereocenters. The van der Waals surface area contributed by atoms with Crippen molar-refractivity contribution in [3.8, 4) is 22.8 Å². The van der Waals surface area contributed by atoms with Gasteiger partial charge in [0.2, 0.25) is 0 Å². The number of aromatic amines is 1. The van der Waals surface area contributed by atoms with Gasteiger partial charge in [-0.3, -0.25) is 19.0 Å². The summed E-state index contributed by atoms with van der Waals surface area (Å²) in [6.07, 6.45) is 3.11. The number of methoxy groups -OCH3 is 1. The van der Waals surface area contributed by atoms with Crippen molar-refractivity contribution < 1.29 is 14.3 Å². The van der Waals surface area contributed by atoms with Crippen LogP contribution >= 0.6 is 0 Å². The molecule has 4 aromatic rings. The average Bonchev–Trinajstić information content (AvgIpc) is 3.42. The highest BCUT2D eigenvalue weighted by molar-refractivity contribution is 5.92. The van der Waals surface area contributed by atoms with Crippen LogP contribution in [0.2, 0.25) is 0 Å². The number of hydrogen-bond acceptors (Lipinski definition) is 6. The van der Waals surface area contributed by atoms with Gasteiger partial charge in [-0.2, -0.15) is 5.10 Å². The van der Waals surface area contributed by atoms with Gasteiger partial charge >= 0.3 is 5.69 Å². The number of benzene rings is 2. The van der Waals surface area contributed by atoms with E-state index in [1.807, 2.05) is 39.0 Å². The second-order valence-corrected chi connectivity index (χ2v) is 10.3. The number of H-pyrrole nitrogens is 1. The molecule has 214 valence electrons. The van der Waals surface area contributed by atoms with E-state index in [0.29, 0.717) is 35.8 Å². The second kappa shape index (κ2) is 11.9. The van der Waals surface area contributed by atoms with Gasteiger partial charge in [0.05, 0.1) is 25.1 Å². The van der Waals surface area contributed by atoms with Crippen molar-refractivity contribution >= 4 is 11.6 Å². The van der Waals surface area contributed by atoms with Gasteiger partial charge in [-0.15, -0.1) is 0 Å². The first-order chi connectivity index (χ1) is 19.8. The average molecular weight is 557 g/mol. The SMILES string of the molecule is CCOc1cc2c(cc1OC)-c1cc(=Nc3c(C)cc(C)cc3C)n(CCNC(=O)c3ccn[nH]3)c(=O)n1CCC2. The Morgan fingerprint density at radius 2 is 1.90 bits per heavy atom. The summed E-state index contributed by atoms with van der Waals surface area (Å²) in [5.74, 6) is 1.03. The largest absolute Gasteiger partial charge is 0.493 e. The summed E-state index contributed by atoms with van der Waals surface area (Å²) in [5, 5.41) is 9.37. The molecule has 41 heavy (non-hydrogen) atoms. The van der Waals surface area contributed by atoms with Crippen molar-refractivity contribution in [2.45, 2.75) is 53.6 Å². The third kappa shape index (κ3) is 5.68. The molecule has 0 aliphatic carbocycles. The predicted molar refractivity (Wildman–Crippen MR) is 157 cm³/mol.